The maximum atomic E-state index is 14.6. The second kappa shape index (κ2) is 10.9. The van der Waals surface area contributed by atoms with E-state index in [1.165, 1.54) is 25.6 Å². The summed E-state index contributed by atoms with van der Waals surface area (Å²) in [4.78, 5) is 31.8. The number of ether oxygens (including phenoxy) is 4. The van der Waals surface area contributed by atoms with Crippen molar-refractivity contribution in [3.63, 3.8) is 0 Å². The van der Waals surface area contributed by atoms with E-state index in [0.717, 1.165) is 35.8 Å². The molecule has 15 heteroatoms. The van der Waals surface area contributed by atoms with E-state index in [1.54, 1.807) is 20.8 Å². The molecule has 42 heavy (non-hydrogen) atoms. The fourth-order valence-electron chi connectivity index (χ4n) is 4.84. The third kappa shape index (κ3) is 5.40. The van der Waals surface area contributed by atoms with Gasteiger partial charge < -0.3 is 29.2 Å². The Kier molecular flexibility index (Phi) is 8.02. The number of amides is 1. The van der Waals surface area contributed by atoms with Gasteiger partial charge in [-0.2, -0.15) is 17.6 Å². The quantitative estimate of drug-likeness (QED) is 0.382. The number of halogens is 5. The topological polar surface area (TPSA) is 104 Å². The lowest BCUT2D eigenvalue weighted by Gasteiger charge is -2.31. The van der Waals surface area contributed by atoms with Gasteiger partial charge in [-0.3, -0.25) is 4.79 Å². The molecule has 228 valence electrons. The van der Waals surface area contributed by atoms with Gasteiger partial charge in [0.05, 0.1) is 32.1 Å². The van der Waals surface area contributed by atoms with Crippen molar-refractivity contribution in [2.75, 3.05) is 38.1 Å². The molecule has 1 saturated heterocycles. The predicted octanol–water partition coefficient (Wildman–Crippen LogP) is 5.28. The Balaban J connectivity index is 1.81. The zero-order chi connectivity index (χ0) is 31.2. The van der Waals surface area contributed by atoms with Crippen molar-refractivity contribution >= 4 is 34.3 Å². The molecule has 1 N–H and O–H groups in total. The first-order chi connectivity index (χ1) is 19.6. The smallest absolute Gasteiger partial charge is 0.419 e. The lowest BCUT2D eigenvalue weighted by Crippen LogP contribution is -2.49. The molecule has 0 unspecified atom stereocenters. The minimum Gasteiger partial charge on any atom is -0.491 e. The van der Waals surface area contributed by atoms with Crippen LogP contribution in [0.25, 0.3) is 10.9 Å². The van der Waals surface area contributed by atoms with Crippen LogP contribution in [0.2, 0.25) is 0 Å². The number of carbonyl (C=O) groups excluding carboxylic acids is 2. The first-order valence-electron chi connectivity index (χ1n) is 12.6. The molecule has 2 aromatic heterocycles. The molecule has 3 heterocycles. The Morgan fingerprint density at radius 3 is 2.33 bits per heavy atom. The first-order valence-corrected chi connectivity index (χ1v) is 12.6. The number of carbonyl (C=O) groups is 2. The van der Waals surface area contributed by atoms with Crippen LogP contribution in [-0.2, 0) is 14.3 Å². The molecule has 1 amide bonds. The number of nitrogens with zero attached hydrogens (tertiary/aromatic N) is 3. The van der Waals surface area contributed by atoms with E-state index in [1.807, 2.05) is 0 Å². The highest BCUT2D eigenvalue weighted by Gasteiger charge is 2.63. The predicted molar refractivity (Wildman–Crippen MR) is 141 cm³/mol. The Hall–Kier alpha value is -4.14. The number of benzene rings is 1. The lowest BCUT2D eigenvalue weighted by atomic mass is 9.99. The van der Waals surface area contributed by atoms with Gasteiger partial charge in [-0.05, 0) is 39.0 Å². The molecule has 3 aromatic rings. The van der Waals surface area contributed by atoms with Crippen LogP contribution in [-0.4, -0.2) is 72.8 Å². The maximum Gasteiger partial charge on any atom is 0.419 e. The minimum atomic E-state index is -4.94. The number of alkyl halides is 3. The van der Waals surface area contributed by atoms with E-state index in [-0.39, 0.29) is 28.2 Å². The summed E-state index contributed by atoms with van der Waals surface area (Å²) >= 11 is 0. The molecule has 1 aliphatic rings. The number of hydrogen-bond donors (Lipinski definition) is 1. The molecule has 0 aliphatic carbocycles. The van der Waals surface area contributed by atoms with Crippen LogP contribution in [0, 0.1) is 11.6 Å². The number of hydrogen-bond acceptors (Lipinski definition) is 8. The van der Waals surface area contributed by atoms with Crippen molar-refractivity contribution < 1.29 is 50.5 Å². The molecule has 2 atom stereocenters. The molecule has 1 fully saturated rings. The molecule has 4 rings (SSSR count). The average molecular weight is 601 g/mol. The van der Waals surface area contributed by atoms with Crippen molar-refractivity contribution in [3.05, 3.63) is 42.2 Å². The van der Waals surface area contributed by atoms with Gasteiger partial charge in [-0.1, -0.05) is 0 Å². The van der Waals surface area contributed by atoms with Crippen LogP contribution >= 0.6 is 0 Å². The van der Waals surface area contributed by atoms with Crippen LogP contribution in [0.1, 0.15) is 27.2 Å². The zero-order valence-corrected chi connectivity index (χ0v) is 23.6. The minimum absolute atomic E-state index is 0.0170. The normalized spacial score (nSPS) is 19.2. The van der Waals surface area contributed by atoms with E-state index < -0.39 is 65.8 Å². The second-order valence-corrected chi connectivity index (χ2v) is 10.6. The van der Waals surface area contributed by atoms with Crippen LogP contribution in [0.5, 0.6) is 11.6 Å². The number of anilines is 2. The second-order valence-electron chi connectivity index (χ2n) is 10.6. The summed E-state index contributed by atoms with van der Waals surface area (Å²) in [5.74, 6) is -4.34. The summed E-state index contributed by atoms with van der Waals surface area (Å²) in [6, 6.07) is 1.60. The highest BCUT2D eigenvalue weighted by Crippen LogP contribution is 2.47. The van der Waals surface area contributed by atoms with Gasteiger partial charge in [-0.25, -0.2) is 18.7 Å². The Labute approximate surface area is 237 Å². The summed E-state index contributed by atoms with van der Waals surface area (Å²) in [6.07, 6.45) is -4.08. The molecular formula is C27H29F5N4O6. The number of rotatable bonds is 6. The van der Waals surface area contributed by atoms with Crippen LogP contribution in [0.3, 0.4) is 0 Å². The van der Waals surface area contributed by atoms with Gasteiger partial charge in [0.1, 0.15) is 17.2 Å². The molecule has 0 saturated carbocycles. The summed E-state index contributed by atoms with van der Waals surface area (Å²) in [7, 11) is 3.19. The molecule has 0 spiro atoms. The van der Waals surface area contributed by atoms with E-state index in [2.05, 4.69) is 10.3 Å². The van der Waals surface area contributed by atoms with Crippen molar-refractivity contribution in [3.8, 4) is 11.6 Å². The molecular weight excluding hydrogens is 571 g/mol. The number of pyridine rings is 1. The highest BCUT2D eigenvalue weighted by molar-refractivity contribution is 6.08. The number of fused-ring (bicyclic) bond motifs is 1. The zero-order valence-electron chi connectivity index (χ0n) is 23.6. The van der Waals surface area contributed by atoms with Crippen molar-refractivity contribution in [1.29, 1.82) is 0 Å². The Bertz CT molecular complexity index is 1520. The van der Waals surface area contributed by atoms with Gasteiger partial charge in [0.15, 0.2) is 17.2 Å². The Morgan fingerprint density at radius 1 is 1.07 bits per heavy atom. The summed E-state index contributed by atoms with van der Waals surface area (Å²) in [5, 5.41) is 2.84. The largest absolute Gasteiger partial charge is 0.491 e. The summed E-state index contributed by atoms with van der Waals surface area (Å²) in [6.45, 7) is 4.03. The lowest BCUT2D eigenvalue weighted by molar-refractivity contribution is -0.261. The maximum absolute atomic E-state index is 14.6. The van der Waals surface area contributed by atoms with Gasteiger partial charge >= 0.3 is 12.3 Å². The molecule has 1 aromatic carbocycles. The molecule has 10 nitrogen and oxygen atoms in total. The van der Waals surface area contributed by atoms with Crippen molar-refractivity contribution in [1.82, 2.24) is 9.55 Å². The molecule has 1 aliphatic heterocycles. The van der Waals surface area contributed by atoms with Gasteiger partial charge in [0.2, 0.25) is 17.6 Å². The van der Waals surface area contributed by atoms with E-state index >= 15 is 0 Å². The average Bonchev–Trinajstić information content (AvgIpc) is 3.49. The van der Waals surface area contributed by atoms with Crippen molar-refractivity contribution in [2.24, 2.45) is 0 Å². The number of nitrogens with one attached hydrogen (secondary N) is 1. The number of methoxy groups -OCH3 is 3. The standard InChI is InChI=1S/C27H29F5N4O6/c1-25(2,3)42-24(38)35-12-16(14-9-10-33-23(40-5)20(14)35)34-22(37)18-11-26(41-6,27(30,31)32)13-36(18)17-8-7-15(28)19(29)21(17)39-4/h7-10,12,18H,11,13H2,1-6H3,(H,34,37)/t18-,26+/m0/s1. The highest BCUT2D eigenvalue weighted by atomic mass is 19.4. The van der Waals surface area contributed by atoms with E-state index in [9.17, 15) is 31.5 Å². The van der Waals surface area contributed by atoms with Crippen LogP contribution < -0.4 is 19.7 Å². The summed E-state index contributed by atoms with van der Waals surface area (Å²) < 4.78 is 93.1. The van der Waals surface area contributed by atoms with E-state index in [4.69, 9.17) is 18.9 Å². The monoisotopic (exact) mass is 600 g/mol. The van der Waals surface area contributed by atoms with E-state index in [0.29, 0.717) is 0 Å². The molecule has 0 radical (unpaired) electrons. The molecule has 0 bridgehead atoms. The SMILES string of the molecule is COc1c(N2C[C@@](OC)(C(F)(F)F)C[C@H]2C(=O)Nc2cn(C(=O)OC(C)(C)C)c3c(OC)nccc23)ccc(F)c1F. The van der Waals surface area contributed by atoms with Gasteiger partial charge in [0, 0.05) is 31.3 Å². The van der Waals surface area contributed by atoms with Gasteiger partial charge in [0.25, 0.3) is 0 Å². The Morgan fingerprint density at radius 2 is 1.76 bits per heavy atom. The van der Waals surface area contributed by atoms with Crippen LogP contribution in [0.15, 0.2) is 30.6 Å². The fraction of sp³-hybridized carbons (Fsp3) is 0.444. The third-order valence-corrected chi connectivity index (χ3v) is 6.80. The third-order valence-electron chi connectivity index (χ3n) is 6.80. The van der Waals surface area contributed by atoms with Gasteiger partial charge in [-0.15, -0.1) is 0 Å². The van der Waals surface area contributed by atoms with Crippen LogP contribution in [0.4, 0.5) is 38.1 Å². The summed E-state index contributed by atoms with van der Waals surface area (Å²) in [5.41, 5.74) is -3.84. The first kappa shape index (κ1) is 30.8. The van der Waals surface area contributed by atoms with Crippen molar-refractivity contribution in [2.45, 2.75) is 50.6 Å². The number of aromatic nitrogens is 2. The fourth-order valence-corrected chi connectivity index (χ4v) is 4.84.